The Morgan fingerprint density at radius 2 is 1.96 bits per heavy atom. The van der Waals surface area contributed by atoms with Gasteiger partial charge in [-0.1, -0.05) is 6.07 Å². The Morgan fingerprint density at radius 3 is 2.61 bits per heavy atom. The molecule has 2 saturated heterocycles. The van der Waals surface area contributed by atoms with Crippen LogP contribution in [-0.2, 0) is 0 Å². The summed E-state index contributed by atoms with van der Waals surface area (Å²) in [5, 5.41) is 3.34. The van der Waals surface area contributed by atoms with Crippen LogP contribution in [0.5, 0.6) is 0 Å². The second kappa shape index (κ2) is 7.00. The Balaban J connectivity index is 1.86. The van der Waals surface area contributed by atoms with Crippen LogP contribution in [0.15, 0.2) is 12.1 Å². The first-order chi connectivity index (χ1) is 11.1. The number of amides is 1. The quantitative estimate of drug-likeness (QED) is 0.903. The van der Waals surface area contributed by atoms with Crippen LogP contribution in [0.3, 0.4) is 0 Å². The normalized spacial score (nSPS) is 23.1. The number of halogens is 1. The molecule has 0 aliphatic carbocycles. The van der Waals surface area contributed by atoms with Crippen LogP contribution < -0.4 is 5.32 Å². The maximum atomic E-state index is 14.7. The average molecular weight is 318 g/mol. The standard InChI is InChI=1S/C19H27FN2O/c1-13-11-16(15-6-8-21-9-7-15)12-17(20)18(13)19(23)22-10-4-3-5-14(22)2/h11-12,14-15,21H,3-10H2,1-2H3. The van der Waals surface area contributed by atoms with Crippen molar-refractivity contribution in [1.82, 2.24) is 10.2 Å². The number of nitrogens with one attached hydrogen (secondary N) is 1. The highest BCUT2D eigenvalue weighted by molar-refractivity contribution is 5.96. The van der Waals surface area contributed by atoms with Gasteiger partial charge in [-0.25, -0.2) is 4.39 Å². The van der Waals surface area contributed by atoms with Crippen molar-refractivity contribution in [3.05, 3.63) is 34.6 Å². The first kappa shape index (κ1) is 16.4. The van der Waals surface area contributed by atoms with Crippen molar-refractivity contribution in [2.45, 2.75) is 57.9 Å². The van der Waals surface area contributed by atoms with Gasteiger partial charge in [0, 0.05) is 12.6 Å². The molecular formula is C19H27FN2O. The Morgan fingerprint density at radius 1 is 1.22 bits per heavy atom. The molecule has 2 aliphatic rings. The Bertz CT molecular complexity index is 558. The average Bonchev–Trinajstić information content (AvgIpc) is 2.55. The van der Waals surface area contributed by atoms with E-state index < -0.39 is 0 Å². The molecule has 0 spiro atoms. The lowest BCUT2D eigenvalue weighted by Gasteiger charge is -2.34. The fraction of sp³-hybridized carbons (Fsp3) is 0.632. The van der Waals surface area contributed by atoms with Gasteiger partial charge < -0.3 is 10.2 Å². The number of hydrogen-bond donors (Lipinski definition) is 1. The van der Waals surface area contributed by atoms with Gasteiger partial charge in [0.05, 0.1) is 5.56 Å². The molecule has 2 heterocycles. The lowest BCUT2D eigenvalue weighted by molar-refractivity contribution is 0.0630. The maximum Gasteiger partial charge on any atom is 0.257 e. The van der Waals surface area contributed by atoms with Gasteiger partial charge in [-0.3, -0.25) is 4.79 Å². The number of hydrogen-bond acceptors (Lipinski definition) is 2. The molecule has 1 aromatic carbocycles. The van der Waals surface area contributed by atoms with Gasteiger partial charge in [-0.15, -0.1) is 0 Å². The lowest BCUT2D eigenvalue weighted by Crippen LogP contribution is -2.42. The van der Waals surface area contributed by atoms with E-state index in [2.05, 4.69) is 12.2 Å². The number of nitrogens with zero attached hydrogens (tertiary/aromatic N) is 1. The molecule has 3 rings (SSSR count). The molecule has 2 aliphatic heterocycles. The number of benzene rings is 1. The van der Waals surface area contributed by atoms with E-state index in [1.54, 1.807) is 6.07 Å². The predicted molar refractivity (Wildman–Crippen MR) is 90.3 cm³/mol. The molecule has 0 radical (unpaired) electrons. The van der Waals surface area contributed by atoms with Crippen LogP contribution >= 0.6 is 0 Å². The molecule has 1 unspecified atom stereocenters. The van der Waals surface area contributed by atoms with E-state index in [1.807, 2.05) is 17.9 Å². The molecule has 23 heavy (non-hydrogen) atoms. The van der Waals surface area contributed by atoms with E-state index in [9.17, 15) is 9.18 Å². The molecule has 4 heteroatoms. The summed E-state index contributed by atoms with van der Waals surface area (Å²) in [5.74, 6) is -0.0760. The highest BCUT2D eigenvalue weighted by Gasteiger charge is 2.28. The largest absolute Gasteiger partial charge is 0.336 e. The SMILES string of the molecule is Cc1cc(C2CCNCC2)cc(F)c1C(=O)N1CCCCC1C. The molecular weight excluding hydrogens is 291 g/mol. The summed E-state index contributed by atoms with van der Waals surface area (Å²) >= 11 is 0. The zero-order valence-corrected chi connectivity index (χ0v) is 14.2. The molecule has 3 nitrogen and oxygen atoms in total. The van der Waals surface area contributed by atoms with Crippen molar-refractivity contribution in [2.75, 3.05) is 19.6 Å². The number of piperidine rings is 2. The minimum atomic E-state index is -0.346. The molecule has 1 N–H and O–H groups in total. The van der Waals surface area contributed by atoms with Gasteiger partial charge in [-0.05, 0) is 82.2 Å². The van der Waals surface area contributed by atoms with E-state index in [4.69, 9.17) is 0 Å². The van der Waals surface area contributed by atoms with E-state index in [0.717, 1.165) is 62.9 Å². The molecule has 1 aromatic rings. The van der Waals surface area contributed by atoms with Gasteiger partial charge in [0.25, 0.3) is 5.91 Å². The zero-order chi connectivity index (χ0) is 16.4. The summed E-state index contributed by atoms with van der Waals surface area (Å²) in [6, 6.07) is 3.84. The number of aryl methyl sites for hydroxylation is 1. The first-order valence-corrected chi connectivity index (χ1v) is 8.89. The Labute approximate surface area is 138 Å². The van der Waals surface area contributed by atoms with Crippen molar-refractivity contribution in [2.24, 2.45) is 0 Å². The topological polar surface area (TPSA) is 32.3 Å². The van der Waals surface area contributed by atoms with E-state index in [-0.39, 0.29) is 23.3 Å². The van der Waals surface area contributed by atoms with E-state index in [1.165, 1.54) is 0 Å². The molecule has 0 aromatic heterocycles. The van der Waals surface area contributed by atoms with Crippen molar-refractivity contribution >= 4 is 5.91 Å². The van der Waals surface area contributed by atoms with Crippen LogP contribution in [0, 0.1) is 12.7 Å². The highest BCUT2D eigenvalue weighted by atomic mass is 19.1. The second-order valence-electron chi connectivity index (χ2n) is 7.06. The van der Waals surface area contributed by atoms with Crippen molar-refractivity contribution < 1.29 is 9.18 Å². The monoisotopic (exact) mass is 318 g/mol. The van der Waals surface area contributed by atoms with E-state index >= 15 is 0 Å². The third-order valence-electron chi connectivity index (χ3n) is 5.40. The van der Waals surface area contributed by atoms with Crippen LogP contribution in [0.4, 0.5) is 4.39 Å². The van der Waals surface area contributed by atoms with Crippen LogP contribution in [-0.4, -0.2) is 36.5 Å². The molecule has 1 amide bonds. The zero-order valence-electron chi connectivity index (χ0n) is 14.2. The van der Waals surface area contributed by atoms with Gasteiger partial charge in [0.2, 0.25) is 0 Å². The molecule has 0 saturated carbocycles. The fourth-order valence-electron chi connectivity index (χ4n) is 3.98. The third-order valence-corrected chi connectivity index (χ3v) is 5.40. The minimum Gasteiger partial charge on any atom is -0.336 e. The van der Waals surface area contributed by atoms with Gasteiger partial charge in [0.1, 0.15) is 5.82 Å². The summed E-state index contributed by atoms with van der Waals surface area (Å²) in [6.45, 7) is 6.65. The Kier molecular flexibility index (Phi) is 5.00. The number of likely N-dealkylation sites (tertiary alicyclic amines) is 1. The minimum absolute atomic E-state index is 0.135. The first-order valence-electron chi connectivity index (χ1n) is 8.89. The van der Waals surface area contributed by atoms with Crippen molar-refractivity contribution in [3.63, 3.8) is 0 Å². The van der Waals surface area contributed by atoms with E-state index in [0.29, 0.717) is 5.92 Å². The van der Waals surface area contributed by atoms with Gasteiger partial charge in [0.15, 0.2) is 0 Å². The van der Waals surface area contributed by atoms with Crippen LogP contribution in [0.2, 0.25) is 0 Å². The molecule has 0 bridgehead atoms. The maximum absolute atomic E-state index is 14.7. The lowest BCUT2D eigenvalue weighted by atomic mass is 9.88. The summed E-state index contributed by atoms with van der Waals surface area (Å²) in [6.07, 6.45) is 5.26. The summed E-state index contributed by atoms with van der Waals surface area (Å²) in [5.41, 5.74) is 2.10. The summed E-state index contributed by atoms with van der Waals surface area (Å²) < 4.78 is 14.7. The summed E-state index contributed by atoms with van der Waals surface area (Å²) in [7, 11) is 0. The number of rotatable bonds is 2. The Hall–Kier alpha value is -1.42. The smallest absolute Gasteiger partial charge is 0.257 e. The number of carbonyl (C=O) groups excluding carboxylic acids is 1. The second-order valence-corrected chi connectivity index (χ2v) is 7.06. The summed E-state index contributed by atoms with van der Waals surface area (Å²) in [4.78, 5) is 14.7. The van der Waals surface area contributed by atoms with Crippen molar-refractivity contribution in [1.29, 1.82) is 0 Å². The fourth-order valence-corrected chi connectivity index (χ4v) is 3.98. The molecule has 1 atom stereocenters. The van der Waals surface area contributed by atoms with Crippen LogP contribution in [0.25, 0.3) is 0 Å². The molecule has 126 valence electrons. The highest BCUT2D eigenvalue weighted by Crippen LogP contribution is 2.30. The van der Waals surface area contributed by atoms with Crippen LogP contribution in [0.1, 0.15) is 66.4 Å². The van der Waals surface area contributed by atoms with Gasteiger partial charge >= 0.3 is 0 Å². The predicted octanol–water partition coefficient (Wildman–Crippen LogP) is 3.62. The molecule has 2 fully saturated rings. The number of carbonyl (C=O) groups is 1. The third kappa shape index (κ3) is 3.42. The van der Waals surface area contributed by atoms with Gasteiger partial charge in [-0.2, -0.15) is 0 Å². The van der Waals surface area contributed by atoms with Crippen molar-refractivity contribution in [3.8, 4) is 0 Å².